The van der Waals surface area contributed by atoms with Crippen LogP contribution in [0.5, 0.6) is 5.75 Å². The van der Waals surface area contributed by atoms with Gasteiger partial charge in [0.2, 0.25) is 0 Å². The van der Waals surface area contributed by atoms with E-state index in [1.807, 2.05) is 44.2 Å². The van der Waals surface area contributed by atoms with Crippen molar-refractivity contribution < 1.29 is 13.2 Å². The summed E-state index contributed by atoms with van der Waals surface area (Å²) in [7, 11) is -3.69. The molecule has 0 atom stereocenters. The molecule has 0 saturated heterocycles. The van der Waals surface area contributed by atoms with Crippen LogP contribution in [-0.4, -0.2) is 14.5 Å². The number of fused-ring (bicyclic) bond motifs is 1. The van der Waals surface area contributed by atoms with Crippen LogP contribution in [0.15, 0.2) is 71.6 Å². The van der Waals surface area contributed by atoms with Crippen molar-refractivity contribution in [1.82, 2.24) is 0 Å². The number of sulfonamides is 1. The van der Waals surface area contributed by atoms with Crippen LogP contribution < -0.4 is 9.46 Å². The molecule has 0 aromatic heterocycles. The summed E-state index contributed by atoms with van der Waals surface area (Å²) >= 11 is 0. The largest absolute Gasteiger partial charge is 0.489 e. The van der Waals surface area contributed by atoms with E-state index in [-0.39, 0.29) is 11.0 Å². The topological polar surface area (TPSA) is 55.4 Å². The van der Waals surface area contributed by atoms with E-state index < -0.39 is 10.0 Å². The quantitative estimate of drug-likeness (QED) is 0.747. The number of nitrogens with one attached hydrogen (secondary N) is 1. The highest BCUT2D eigenvalue weighted by molar-refractivity contribution is 7.92. The first kappa shape index (κ1) is 16.3. The first-order chi connectivity index (χ1) is 11.5. The molecule has 124 valence electrons. The highest BCUT2D eigenvalue weighted by Crippen LogP contribution is 2.28. The number of rotatable bonds is 5. The Morgan fingerprint density at radius 3 is 2.29 bits per heavy atom. The molecule has 0 aliphatic heterocycles. The molecule has 0 aliphatic carbocycles. The van der Waals surface area contributed by atoms with Crippen molar-refractivity contribution in [1.29, 1.82) is 0 Å². The summed E-state index contributed by atoms with van der Waals surface area (Å²) < 4.78 is 33.7. The number of hydrogen-bond donors (Lipinski definition) is 1. The minimum absolute atomic E-state index is 0.0451. The lowest BCUT2D eigenvalue weighted by atomic mass is 10.1. The van der Waals surface area contributed by atoms with Crippen molar-refractivity contribution in [3.63, 3.8) is 0 Å². The van der Waals surface area contributed by atoms with Gasteiger partial charge in [-0.25, -0.2) is 8.42 Å². The first-order valence-corrected chi connectivity index (χ1v) is 9.21. The molecule has 1 N–H and O–H groups in total. The molecule has 24 heavy (non-hydrogen) atoms. The average Bonchev–Trinajstić information content (AvgIpc) is 2.55. The maximum Gasteiger partial charge on any atom is 0.262 e. The van der Waals surface area contributed by atoms with E-state index in [4.69, 9.17) is 4.74 Å². The second kappa shape index (κ2) is 6.53. The minimum atomic E-state index is -3.69. The fraction of sp³-hybridized carbons (Fsp3) is 0.158. The number of para-hydroxylation sites is 2. The molecule has 0 heterocycles. The van der Waals surface area contributed by atoms with E-state index in [1.165, 1.54) is 0 Å². The molecule has 5 heteroatoms. The van der Waals surface area contributed by atoms with Crippen LogP contribution in [0.4, 0.5) is 5.69 Å². The van der Waals surface area contributed by atoms with Gasteiger partial charge in [0.25, 0.3) is 10.0 Å². The van der Waals surface area contributed by atoms with Crippen molar-refractivity contribution in [3.05, 3.63) is 66.7 Å². The second-order valence-corrected chi connectivity index (χ2v) is 7.46. The van der Waals surface area contributed by atoms with Gasteiger partial charge in [-0.3, -0.25) is 4.72 Å². The first-order valence-electron chi connectivity index (χ1n) is 7.73. The SMILES string of the molecule is CC(C)Oc1ccccc1NS(=O)(=O)c1ccc2ccccc2c1. The maximum absolute atomic E-state index is 12.7. The molecular weight excluding hydrogens is 322 g/mol. The van der Waals surface area contributed by atoms with Gasteiger partial charge in [-0.05, 0) is 48.9 Å². The van der Waals surface area contributed by atoms with E-state index in [1.54, 1.807) is 36.4 Å². The Morgan fingerprint density at radius 1 is 0.875 bits per heavy atom. The Morgan fingerprint density at radius 2 is 1.54 bits per heavy atom. The lowest BCUT2D eigenvalue weighted by molar-refractivity contribution is 0.244. The average molecular weight is 341 g/mol. The second-order valence-electron chi connectivity index (χ2n) is 5.78. The molecule has 0 saturated carbocycles. The Kier molecular flexibility index (Phi) is 4.44. The predicted molar refractivity (Wildman–Crippen MR) is 97.0 cm³/mol. The summed E-state index contributed by atoms with van der Waals surface area (Å²) in [5.74, 6) is 0.511. The van der Waals surface area contributed by atoms with Crippen molar-refractivity contribution in [3.8, 4) is 5.75 Å². The fourth-order valence-corrected chi connectivity index (χ4v) is 3.55. The standard InChI is InChI=1S/C19H19NO3S/c1-14(2)23-19-10-6-5-9-18(19)20-24(21,22)17-12-11-15-7-3-4-8-16(15)13-17/h3-14,20H,1-2H3. The maximum atomic E-state index is 12.7. The normalized spacial score (nSPS) is 11.6. The van der Waals surface area contributed by atoms with Crippen molar-refractivity contribution in [2.45, 2.75) is 24.8 Å². The van der Waals surface area contributed by atoms with E-state index in [9.17, 15) is 8.42 Å². The minimum Gasteiger partial charge on any atom is -0.489 e. The summed E-state index contributed by atoms with van der Waals surface area (Å²) in [6.07, 6.45) is -0.0451. The van der Waals surface area contributed by atoms with Crippen LogP contribution in [0.3, 0.4) is 0 Å². The van der Waals surface area contributed by atoms with Gasteiger partial charge in [-0.15, -0.1) is 0 Å². The van der Waals surface area contributed by atoms with E-state index in [0.717, 1.165) is 10.8 Å². The van der Waals surface area contributed by atoms with E-state index >= 15 is 0 Å². The number of hydrogen-bond acceptors (Lipinski definition) is 3. The molecule has 3 aromatic rings. The number of anilines is 1. The van der Waals surface area contributed by atoms with Gasteiger partial charge in [0, 0.05) is 0 Å². The van der Waals surface area contributed by atoms with E-state index in [2.05, 4.69) is 4.72 Å². The van der Waals surface area contributed by atoms with Crippen LogP contribution in [0.1, 0.15) is 13.8 Å². The third-order valence-electron chi connectivity index (χ3n) is 3.53. The van der Waals surface area contributed by atoms with Crippen LogP contribution in [0.2, 0.25) is 0 Å². The Bertz CT molecular complexity index is 965. The van der Waals surface area contributed by atoms with Crippen LogP contribution >= 0.6 is 0 Å². The summed E-state index contributed by atoms with van der Waals surface area (Å²) in [5.41, 5.74) is 0.430. The summed E-state index contributed by atoms with van der Waals surface area (Å²) in [4.78, 5) is 0.223. The zero-order valence-electron chi connectivity index (χ0n) is 13.6. The lowest BCUT2D eigenvalue weighted by Gasteiger charge is -2.15. The molecule has 3 rings (SSSR count). The van der Waals surface area contributed by atoms with Gasteiger partial charge in [0.15, 0.2) is 0 Å². The Hall–Kier alpha value is -2.53. The Balaban J connectivity index is 1.96. The van der Waals surface area contributed by atoms with Gasteiger partial charge in [0.1, 0.15) is 5.75 Å². The monoisotopic (exact) mass is 341 g/mol. The molecule has 0 amide bonds. The molecule has 0 unspecified atom stereocenters. The molecule has 3 aromatic carbocycles. The van der Waals surface area contributed by atoms with Gasteiger partial charge in [-0.1, -0.05) is 42.5 Å². The van der Waals surface area contributed by atoms with Crippen LogP contribution in [0, 0.1) is 0 Å². The fourth-order valence-electron chi connectivity index (χ4n) is 2.45. The number of ether oxygens (including phenoxy) is 1. The smallest absolute Gasteiger partial charge is 0.262 e. The van der Waals surface area contributed by atoms with Gasteiger partial charge in [0.05, 0.1) is 16.7 Å². The highest BCUT2D eigenvalue weighted by atomic mass is 32.2. The molecule has 0 aliphatic rings. The van der Waals surface area contributed by atoms with Gasteiger partial charge in [-0.2, -0.15) is 0 Å². The summed E-state index contributed by atoms with van der Waals surface area (Å²) in [6, 6.07) is 19.8. The number of benzene rings is 3. The van der Waals surface area contributed by atoms with Crippen molar-refractivity contribution in [2.24, 2.45) is 0 Å². The van der Waals surface area contributed by atoms with Crippen molar-refractivity contribution >= 4 is 26.5 Å². The zero-order valence-corrected chi connectivity index (χ0v) is 14.4. The lowest BCUT2D eigenvalue weighted by Crippen LogP contribution is -2.15. The predicted octanol–water partition coefficient (Wildman–Crippen LogP) is 4.43. The van der Waals surface area contributed by atoms with Crippen molar-refractivity contribution in [2.75, 3.05) is 4.72 Å². The third-order valence-corrected chi connectivity index (χ3v) is 4.89. The zero-order chi connectivity index (χ0) is 17.2. The summed E-state index contributed by atoms with van der Waals surface area (Å²) in [6.45, 7) is 3.79. The summed E-state index contributed by atoms with van der Waals surface area (Å²) in [5, 5.41) is 1.88. The molecule has 0 radical (unpaired) electrons. The molecule has 0 spiro atoms. The van der Waals surface area contributed by atoms with Gasteiger partial charge < -0.3 is 4.74 Å². The van der Waals surface area contributed by atoms with Crippen LogP contribution in [-0.2, 0) is 10.0 Å². The molecule has 0 bridgehead atoms. The molecule has 0 fully saturated rings. The Labute approximate surface area is 142 Å². The highest BCUT2D eigenvalue weighted by Gasteiger charge is 2.17. The van der Waals surface area contributed by atoms with Gasteiger partial charge >= 0.3 is 0 Å². The third kappa shape index (κ3) is 3.51. The van der Waals surface area contributed by atoms with Crippen LogP contribution in [0.25, 0.3) is 10.8 Å². The van der Waals surface area contributed by atoms with E-state index in [0.29, 0.717) is 11.4 Å². The molecular formula is C19H19NO3S. The molecule has 4 nitrogen and oxygen atoms in total.